The molecule has 3 aliphatic rings. The summed E-state index contributed by atoms with van der Waals surface area (Å²) in [6, 6.07) is 1.15. The topological polar surface area (TPSA) is 63.2 Å². The van der Waals surface area contributed by atoms with Crippen molar-refractivity contribution >= 4 is 16.7 Å². The molecule has 30 heavy (non-hydrogen) atoms. The fraction of sp³-hybridized carbons (Fsp3) is 0.696. The highest BCUT2D eigenvalue weighted by Crippen LogP contribution is 2.42. The van der Waals surface area contributed by atoms with Crippen LogP contribution in [-0.2, 0) is 10.8 Å². The highest BCUT2D eigenvalue weighted by molar-refractivity contribution is 5.95. The molecular formula is C23H32FN5O. The average molecular weight is 414 g/mol. The molecule has 0 amide bonds. The van der Waals surface area contributed by atoms with Crippen LogP contribution in [0.4, 0.5) is 10.2 Å². The first-order valence-corrected chi connectivity index (χ1v) is 11.1. The molecular weight excluding hydrogens is 381 g/mol. The maximum Gasteiger partial charge on any atom is 0.227 e. The number of nitrogens with zero attached hydrogens (tertiary/aromatic N) is 4. The molecule has 2 fully saturated rings. The van der Waals surface area contributed by atoms with E-state index in [1.54, 1.807) is 0 Å². The molecule has 0 aromatic carbocycles. The Morgan fingerprint density at radius 3 is 2.47 bits per heavy atom. The Hall–Kier alpha value is -2.02. The molecule has 2 aromatic rings. The summed E-state index contributed by atoms with van der Waals surface area (Å²) >= 11 is 0. The lowest BCUT2D eigenvalue weighted by molar-refractivity contribution is 0.254. The lowest BCUT2D eigenvalue weighted by atomic mass is 9.90. The van der Waals surface area contributed by atoms with Crippen LogP contribution in [0.2, 0.25) is 0 Å². The standard InChI is InChI=1S/C23H32FN5O/c1-22(2,3)18-16(24)17-15-19(28-21(26-17)23(4,5)6)29-11-12-7-8-13(25-12)14(29)9-10-30-20(15)27-18/h12-14,25H,7-11H2,1-6H3/t12-,13+,14?/m1/s1. The van der Waals surface area contributed by atoms with E-state index < -0.39 is 5.41 Å². The molecule has 0 radical (unpaired) electrons. The predicted octanol–water partition coefficient (Wildman–Crippen LogP) is 3.85. The molecule has 2 saturated heterocycles. The van der Waals surface area contributed by atoms with Gasteiger partial charge in [0.2, 0.25) is 5.88 Å². The quantitative estimate of drug-likeness (QED) is 0.708. The lowest BCUT2D eigenvalue weighted by Gasteiger charge is -2.43. The number of piperazine rings is 1. The van der Waals surface area contributed by atoms with Gasteiger partial charge in [0, 0.05) is 41.9 Å². The van der Waals surface area contributed by atoms with Crippen LogP contribution in [0, 0.1) is 5.82 Å². The van der Waals surface area contributed by atoms with Crippen LogP contribution in [0.3, 0.4) is 0 Å². The molecule has 2 bridgehead atoms. The maximum atomic E-state index is 15.8. The summed E-state index contributed by atoms with van der Waals surface area (Å²) in [6.45, 7) is 13.6. The predicted molar refractivity (Wildman–Crippen MR) is 116 cm³/mol. The summed E-state index contributed by atoms with van der Waals surface area (Å²) in [4.78, 5) is 16.8. The van der Waals surface area contributed by atoms with Gasteiger partial charge in [0.05, 0.1) is 12.3 Å². The minimum absolute atomic E-state index is 0.285. The maximum absolute atomic E-state index is 15.8. The molecule has 5 heterocycles. The van der Waals surface area contributed by atoms with Crippen LogP contribution in [-0.4, -0.2) is 46.2 Å². The second-order valence-electron chi connectivity index (χ2n) is 11.1. The molecule has 3 atom stereocenters. The van der Waals surface area contributed by atoms with Gasteiger partial charge in [0.1, 0.15) is 22.5 Å². The van der Waals surface area contributed by atoms with Gasteiger partial charge in [-0.2, -0.15) is 0 Å². The van der Waals surface area contributed by atoms with Crippen molar-refractivity contribution in [3.05, 3.63) is 17.3 Å². The van der Waals surface area contributed by atoms with E-state index in [1.807, 2.05) is 20.8 Å². The van der Waals surface area contributed by atoms with E-state index in [0.29, 0.717) is 47.0 Å². The molecule has 2 aromatic heterocycles. The first-order chi connectivity index (χ1) is 14.0. The van der Waals surface area contributed by atoms with Gasteiger partial charge in [-0.25, -0.2) is 19.3 Å². The van der Waals surface area contributed by atoms with Gasteiger partial charge in [-0.1, -0.05) is 41.5 Å². The molecule has 3 aliphatic heterocycles. The van der Waals surface area contributed by atoms with Crippen LogP contribution in [0.15, 0.2) is 0 Å². The van der Waals surface area contributed by atoms with Crippen LogP contribution < -0.4 is 15.0 Å². The smallest absolute Gasteiger partial charge is 0.227 e. The normalized spacial score (nSPS) is 26.2. The van der Waals surface area contributed by atoms with E-state index in [1.165, 1.54) is 6.42 Å². The third kappa shape index (κ3) is 3.04. The lowest BCUT2D eigenvalue weighted by Crippen LogP contribution is -2.59. The number of pyridine rings is 1. The number of nitrogens with one attached hydrogen (secondary N) is 1. The summed E-state index contributed by atoms with van der Waals surface area (Å²) < 4.78 is 22.0. The van der Waals surface area contributed by atoms with Crippen LogP contribution in [0.1, 0.15) is 72.3 Å². The van der Waals surface area contributed by atoms with Crippen molar-refractivity contribution in [1.29, 1.82) is 0 Å². The number of hydrogen-bond acceptors (Lipinski definition) is 6. The Kier molecular flexibility index (Phi) is 4.31. The Bertz CT molecular complexity index is 1010. The summed E-state index contributed by atoms with van der Waals surface area (Å²) in [7, 11) is 0. The SMILES string of the molecule is CC(C)(C)c1nc2c3c(nc(C(C)(C)C)c(F)c3n1)OCCC1[C@@H]3CC[C@H](CN21)N3. The third-order valence-electron chi connectivity index (χ3n) is 6.60. The monoisotopic (exact) mass is 413 g/mol. The van der Waals surface area contributed by atoms with Gasteiger partial charge < -0.3 is 15.0 Å². The molecule has 7 heteroatoms. The van der Waals surface area contributed by atoms with Gasteiger partial charge in [-0.15, -0.1) is 0 Å². The van der Waals surface area contributed by atoms with Crippen molar-refractivity contribution in [2.24, 2.45) is 0 Å². The summed E-state index contributed by atoms with van der Waals surface area (Å²) in [5.74, 6) is 1.56. The Balaban J connectivity index is 1.83. The second-order valence-corrected chi connectivity index (χ2v) is 11.1. The van der Waals surface area contributed by atoms with Gasteiger partial charge in [0.15, 0.2) is 5.82 Å². The molecule has 0 aliphatic carbocycles. The number of anilines is 1. The largest absolute Gasteiger partial charge is 0.477 e. The van der Waals surface area contributed by atoms with Gasteiger partial charge in [-0.05, 0) is 12.8 Å². The summed E-state index contributed by atoms with van der Waals surface area (Å²) in [5, 5.41) is 4.37. The zero-order chi connectivity index (χ0) is 21.4. The summed E-state index contributed by atoms with van der Waals surface area (Å²) in [6.07, 6.45) is 3.22. The van der Waals surface area contributed by atoms with Crippen molar-refractivity contribution in [3.63, 3.8) is 0 Å². The highest BCUT2D eigenvalue weighted by Gasteiger charge is 2.43. The third-order valence-corrected chi connectivity index (χ3v) is 6.60. The fourth-order valence-corrected chi connectivity index (χ4v) is 5.03. The van der Waals surface area contributed by atoms with Crippen molar-refractivity contribution in [1.82, 2.24) is 20.3 Å². The molecule has 1 unspecified atom stereocenters. The number of halogens is 1. The van der Waals surface area contributed by atoms with Crippen LogP contribution in [0.25, 0.3) is 10.9 Å². The van der Waals surface area contributed by atoms with E-state index in [2.05, 4.69) is 36.0 Å². The Labute approximate surface area is 177 Å². The van der Waals surface area contributed by atoms with Gasteiger partial charge in [0.25, 0.3) is 0 Å². The molecule has 6 nitrogen and oxygen atoms in total. The number of aromatic nitrogens is 3. The van der Waals surface area contributed by atoms with Gasteiger partial charge in [-0.3, -0.25) is 0 Å². The van der Waals surface area contributed by atoms with Crippen molar-refractivity contribution in [3.8, 4) is 5.88 Å². The molecule has 0 spiro atoms. The van der Waals surface area contributed by atoms with E-state index >= 15 is 4.39 Å². The van der Waals surface area contributed by atoms with Gasteiger partial charge >= 0.3 is 0 Å². The molecule has 5 rings (SSSR count). The van der Waals surface area contributed by atoms with E-state index in [0.717, 1.165) is 25.2 Å². The number of ether oxygens (including phenoxy) is 1. The van der Waals surface area contributed by atoms with Crippen LogP contribution >= 0.6 is 0 Å². The Morgan fingerprint density at radius 2 is 1.77 bits per heavy atom. The van der Waals surface area contributed by atoms with Crippen LogP contribution in [0.5, 0.6) is 5.88 Å². The zero-order valence-corrected chi connectivity index (χ0v) is 18.8. The minimum atomic E-state index is -0.454. The van der Waals surface area contributed by atoms with Crippen molar-refractivity contribution < 1.29 is 9.13 Å². The first kappa shape index (κ1) is 19.9. The molecule has 1 N–H and O–H groups in total. The average Bonchev–Trinajstić information content (AvgIpc) is 3.03. The fourth-order valence-electron chi connectivity index (χ4n) is 5.03. The zero-order valence-electron chi connectivity index (χ0n) is 18.8. The highest BCUT2D eigenvalue weighted by atomic mass is 19.1. The number of fused-ring (bicyclic) bond motifs is 5. The van der Waals surface area contributed by atoms with Crippen molar-refractivity contribution in [2.45, 2.75) is 89.8 Å². The molecule has 162 valence electrons. The Morgan fingerprint density at radius 1 is 1.00 bits per heavy atom. The second kappa shape index (κ2) is 6.49. The number of rotatable bonds is 0. The van der Waals surface area contributed by atoms with E-state index in [9.17, 15) is 0 Å². The van der Waals surface area contributed by atoms with Crippen molar-refractivity contribution in [2.75, 3.05) is 18.1 Å². The number of hydrogen-bond donors (Lipinski definition) is 1. The van der Waals surface area contributed by atoms with E-state index in [4.69, 9.17) is 14.7 Å². The van der Waals surface area contributed by atoms with E-state index in [-0.39, 0.29) is 17.3 Å². The first-order valence-electron chi connectivity index (χ1n) is 11.1. The molecule has 0 saturated carbocycles. The minimum Gasteiger partial charge on any atom is -0.477 e. The summed E-state index contributed by atoms with van der Waals surface area (Å²) in [5.41, 5.74) is -0.0170.